The van der Waals surface area contributed by atoms with Crippen LogP contribution in [0.4, 0.5) is 4.79 Å². The Morgan fingerprint density at radius 1 is 1.41 bits per heavy atom. The Morgan fingerprint density at radius 2 is 1.94 bits per heavy atom. The number of carbonyl (C=O) groups is 1. The molecular weight excluding hydrogens is 218 g/mol. The van der Waals surface area contributed by atoms with Crippen molar-refractivity contribution in [2.75, 3.05) is 6.61 Å². The summed E-state index contributed by atoms with van der Waals surface area (Å²) in [6.07, 6.45) is 5.06. The van der Waals surface area contributed by atoms with Crippen LogP contribution in [0.5, 0.6) is 0 Å². The maximum atomic E-state index is 12.2. The zero-order chi connectivity index (χ0) is 13.5. The molecule has 96 valence electrons. The van der Waals surface area contributed by atoms with E-state index in [9.17, 15) is 4.79 Å². The van der Waals surface area contributed by atoms with Crippen LogP contribution < -0.4 is 0 Å². The van der Waals surface area contributed by atoms with E-state index < -0.39 is 23.0 Å². The standard InChI is InChI=1S/C13H21NO3/c1-8-13(7)9-16-12(5,6)14(13)10(15)17-11(2,3)4/h1H,9H2,2-7H3/t13-/m0/s1. The molecule has 4 nitrogen and oxygen atoms in total. The molecule has 0 N–H and O–H groups in total. The highest BCUT2D eigenvalue weighted by Gasteiger charge is 2.52. The molecule has 0 aliphatic carbocycles. The molecule has 1 aliphatic heterocycles. The van der Waals surface area contributed by atoms with Gasteiger partial charge in [0.05, 0.1) is 6.61 Å². The lowest BCUT2D eigenvalue weighted by Crippen LogP contribution is -2.54. The van der Waals surface area contributed by atoms with Crippen molar-refractivity contribution >= 4 is 6.09 Å². The first kappa shape index (κ1) is 13.9. The molecule has 0 saturated carbocycles. The van der Waals surface area contributed by atoms with E-state index in [2.05, 4.69) is 5.92 Å². The van der Waals surface area contributed by atoms with Gasteiger partial charge < -0.3 is 9.47 Å². The monoisotopic (exact) mass is 239 g/mol. The molecule has 0 aromatic rings. The summed E-state index contributed by atoms with van der Waals surface area (Å²) in [6.45, 7) is 11.2. The molecule has 1 amide bonds. The van der Waals surface area contributed by atoms with E-state index >= 15 is 0 Å². The van der Waals surface area contributed by atoms with Crippen molar-refractivity contribution in [3.63, 3.8) is 0 Å². The van der Waals surface area contributed by atoms with Crippen LogP contribution in [0.2, 0.25) is 0 Å². The summed E-state index contributed by atoms with van der Waals surface area (Å²) in [7, 11) is 0. The molecule has 4 heteroatoms. The number of hydrogen-bond donors (Lipinski definition) is 0. The first-order valence-electron chi connectivity index (χ1n) is 5.67. The minimum Gasteiger partial charge on any atom is -0.444 e. The highest BCUT2D eigenvalue weighted by atomic mass is 16.6. The average Bonchev–Trinajstić information content (AvgIpc) is 2.35. The molecule has 17 heavy (non-hydrogen) atoms. The predicted molar refractivity (Wildman–Crippen MR) is 65.3 cm³/mol. The van der Waals surface area contributed by atoms with Gasteiger partial charge in [-0.05, 0) is 41.5 Å². The Kier molecular flexibility index (Phi) is 3.19. The molecule has 1 fully saturated rings. The Bertz CT molecular complexity index is 362. The molecular formula is C13H21NO3. The number of amides is 1. The van der Waals surface area contributed by atoms with Crippen LogP contribution in [-0.4, -0.2) is 34.5 Å². The molecule has 0 unspecified atom stereocenters. The summed E-state index contributed by atoms with van der Waals surface area (Å²) in [4.78, 5) is 13.7. The van der Waals surface area contributed by atoms with Gasteiger partial charge in [0.2, 0.25) is 0 Å². The first-order valence-corrected chi connectivity index (χ1v) is 5.67. The lowest BCUT2D eigenvalue weighted by atomic mass is 10.0. The Labute approximate surface area is 103 Å². The van der Waals surface area contributed by atoms with Crippen molar-refractivity contribution in [3.8, 4) is 12.3 Å². The largest absolute Gasteiger partial charge is 0.444 e. The van der Waals surface area contributed by atoms with Crippen molar-refractivity contribution < 1.29 is 14.3 Å². The highest BCUT2D eigenvalue weighted by Crippen LogP contribution is 2.35. The van der Waals surface area contributed by atoms with E-state index in [1.54, 1.807) is 20.8 Å². The third-order valence-corrected chi connectivity index (χ3v) is 2.63. The fourth-order valence-electron chi connectivity index (χ4n) is 1.88. The normalized spacial score (nSPS) is 27.7. The lowest BCUT2D eigenvalue weighted by molar-refractivity contribution is -0.0647. The van der Waals surface area contributed by atoms with Crippen LogP contribution in [-0.2, 0) is 9.47 Å². The molecule has 1 saturated heterocycles. The Hall–Kier alpha value is -1.21. The van der Waals surface area contributed by atoms with Crippen molar-refractivity contribution in [2.24, 2.45) is 0 Å². The van der Waals surface area contributed by atoms with E-state index in [0.29, 0.717) is 6.61 Å². The van der Waals surface area contributed by atoms with Crippen LogP contribution in [0, 0.1) is 12.3 Å². The topological polar surface area (TPSA) is 38.8 Å². The van der Waals surface area contributed by atoms with Crippen molar-refractivity contribution in [1.29, 1.82) is 0 Å². The minimum absolute atomic E-state index is 0.315. The van der Waals surface area contributed by atoms with E-state index in [4.69, 9.17) is 15.9 Å². The average molecular weight is 239 g/mol. The molecule has 0 bridgehead atoms. The van der Waals surface area contributed by atoms with Gasteiger partial charge >= 0.3 is 6.09 Å². The van der Waals surface area contributed by atoms with Gasteiger partial charge in [-0.15, -0.1) is 6.42 Å². The number of hydrogen-bond acceptors (Lipinski definition) is 3. The SMILES string of the molecule is C#C[C@@]1(C)COC(C)(C)N1C(=O)OC(C)(C)C. The number of terminal acetylenes is 1. The number of rotatable bonds is 0. The second-order valence-corrected chi connectivity index (χ2v) is 5.97. The summed E-state index contributed by atoms with van der Waals surface area (Å²) in [5, 5.41) is 0. The fourth-order valence-corrected chi connectivity index (χ4v) is 1.88. The smallest absolute Gasteiger partial charge is 0.413 e. The van der Waals surface area contributed by atoms with Crippen LogP contribution in [0.1, 0.15) is 41.5 Å². The summed E-state index contributed by atoms with van der Waals surface area (Å²) < 4.78 is 10.9. The van der Waals surface area contributed by atoms with Crippen LogP contribution in [0.25, 0.3) is 0 Å². The Morgan fingerprint density at radius 3 is 2.35 bits per heavy atom. The molecule has 1 atom stereocenters. The minimum atomic E-state index is -0.758. The third-order valence-electron chi connectivity index (χ3n) is 2.63. The predicted octanol–water partition coefficient (Wildman–Crippen LogP) is 2.38. The summed E-state index contributed by atoms with van der Waals surface area (Å²) in [5.41, 5.74) is -2.06. The van der Waals surface area contributed by atoms with E-state index in [1.165, 1.54) is 4.90 Å². The highest BCUT2D eigenvalue weighted by molar-refractivity contribution is 5.71. The number of carbonyl (C=O) groups excluding carboxylic acids is 1. The van der Waals surface area contributed by atoms with Gasteiger partial charge in [-0.1, -0.05) is 5.92 Å². The summed E-state index contributed by atoms with van der Waals surface area (Å²) >= 11 is 0. The molecule has 1 heterocycles. The van der Waals surface area contributed by atoms with Crippen molar-refractivity contribution in [3.05, 3.63) is 0 Å². The quantitative estimate of drug-likeness (QED) is 0.609. The molecule has 1 rings (SSSR count). The van der Waals surface area contributed by atoms with Gasteiger partial charge in [-0.3, -0.25) is 4.90 Å². The molecule has 1 aliphatic rings. The van der Waals surface area contributed by atoms with Gasteiger partial charge in [0.1, 0.15) is 16.9 Å². The van der Waals surface area contributed by atoms with Crippen LogP contribution in [0.3, 0.4) is 0 Å². The van der Waals surface area contributed by atoms with E-state index in [-0.39, 0.29) is 0 Å². The van der Waals surface area contributed by atoms with Gasteiger partial charge in [0.15, 0.2) is 0 Å². The van der Waals surface area contributed by atoms with Gasteiger partial charge in [-0.2, -0.15) is 0 Å². The maximum Gasteiger partial charge on any atom is 0.413 e. The van der Waals surface area contributed by atoms with Gasteiger partial charge in [0.25, 0.3) is 0 Å². The second-order valence-electron chi connectivity index (χ2n) is 5.97. The zero-order valence-corrected chi connectivity index (χ0v) is 11.5. The zero-order valence-electron chi connectivity index (χ0n) is 11.5. The number of ether oxygens (including phenoxy) is 2. The first-order chi connectivity index (χ1) is 7.52. The third kappa shape index (κ3) is 2.73. The van der Waals surface area contributed by atoms with Crippen LogP contribution >= 0.6 is 0 Å². The van der Waals surface area contributed by atoms with Crippen LogP contribution in [0.15, 0.2) is 0 Å². The molecule has 0 radical (unpaired) electrons. The van der Waals surface area contributed by atoms with E-state index in [1.807, 2.05) is 20.8 Å². The molecule has 0 spiro atoms. The summed E-state index contributed by atoms with van der Waals surface area (Å²) in [5.74, 6) is 2.61. The van der Waals surface area contributed by atoms with Gasteiger partial charge in [-0.25, -0.2) is 4.79 Å². The van der Waals surface area contributed by atoms with E-state index in [0.717, 1.165) is 0 Å². The number of nitrogens with zero attached hydrogens (tertiary/aromatic N) is 1. The maximum absolute atomic E-state index is 12.2. The second kappa shape index (κ2) is 3.92. The van der Waals surface area contributed by atoms with Gasteiger partial charge in [0, 0.05) is 0 Å². The summed E-state index contributed by atoms with van der Waals surface area (Å²) in [6, 6.07) is 0. The molecule has 0 aromatic heterocycles. The van der Waals surface area contributed by atoms with Crippen molar-refractivity contribution in [1.82, 2.24) is 4.90 Å². The van der Waals surface area contributed by atoms with Crippen molar-refractivity contribution in [2.45, 2.75) is 58.4 Å². The fraction of sp³-hybridized carbons (Fsp3) is 0.769. The Balaban J connectivity index is 3.00. The lowest BCUT2D eigenvalue weighted by Gasteiger charge is -2.37. The molecule has 0 aromatic carbocycles.